The van der Waals surface area contributed by atoms with E-state index in [1.54, 1.807) is 6.92 Å². The van der Waals surface area contributed by atoms with Crippen LogP contribution in [0.3, 0.4) is 0 Å². The molecule has 1 rings (SSSR count). The number of phosphoric acid groups is 1. The molecule has 0 aromatic carbocycles. The minimum atomic E-state index is -3.97. The van der Waals surface area contributed by atoms with E-state index in [1.165, 1.54) is 0 Å². The molecule has 10 heteroatoms. The van der Waals surface area contributed by atoms with Gasteiger partial charge in [0.1, 0.15) is 12.2 Å². The zero-order valence-corrected chi connectivity index (χ0v) is 18.7. The molecule has 0 spiro atoms. The molecule has 29 heavy (non-hydrogen) atoms. The summed E-state index contributed by atoms with van der Waals surface area (Å²) in [6.07, 6.45) is 1.01. The van der Waals surface area contributed by atoms with Crippen molar-refractivity contribution in [3.63, 3.8) is 0 Å². The van der Waals surface area contributed by atoms with Gasteiger partial charge in [-0.1, -0.05) is 33.6 Å². The van der Waals surface area contributed by atoms with Gasteiger partial charge in [0.05, 0.1) is 25.9 Å². The van der Waals surface area contributed by atoms with Gasteiger partial charge in [-0.15, -0.1) is 0 Å². The second-order valence-corrected chi connectivity index (χ2v) is 9.48. The highest BCUT2D eigenvalue weighted by Crippen LogP contribution is 2.43. The van der Waals surface area contributed by atoms with Crippen molar-refractivity contribution in [1.82, 2.24) is 0 Å². The third kappa shape index (κ3) is 10.7. The SMILES string of the molecule is CC(C)CCCOP(=O)(O)OCCCCCCO[C@@H]1OC(CO)[C@H](O)[C@H](O)C1C. The minimum absolute atomic E-state index is 0.157. The topological polar surface area (TPSA) is 135 Å². The maximum Gasteiger partial charge on any atom is 0.472 e. The van der Waals surface area contributed by atoms with E-state index in [9.17, 15) is 24.8 Å². The Morgan fingerprint density at radius 1 is 0.966 bits per heavy atom. The van der Waals surface area contributed by atoms with E-state index in [0.717, 1.165) is 32.1 Å². The van der Waals surface area contributed by atoms with Gasteiger partial charge < -0.3 is 29.7 Å². The molecule has 9 nitrogen and oxygen atoms in total. The van der Waals surface area contributed by atoms with Crippen LogP contribution in [0.5, 0.6) is 0 Å². The number of hydrogen-bond acceptors (Lipinski definition) is 8. The van der Waals surface area contributed by atoms with Gasteiger partial charge in [-0.2, -0.15) is 0 Å². The zero-order valence-electron chi connectivity index (χ0n) is 17.8. The number of ether oxygens (including phenoxy) is 2. The van der Waals surface area contributed by atoms with Gasteiger partial charge in [0, 0.05) is 12.5 Å². The minimum Gasteiger partial charge on any atom is -0.394 e. The van der Waals surface area contributed by atoms with Crippen LogP contribution in [-0.4, -0.2) is 71.2 Å². The number of phosphoric ester groups is 1. The van der Waals surface area contributed by atoms with E-state index in [4.69, 9.17) is 18.5 Å². The molecule has 1 fully saturated rings. The summed E-state index contributed by atoms with van der Waals surface area (Å²) < 4.78 is 32.7. The highest BCUT2D eigenvalue weighted by atomic mass is 31.2. The Morgan fingerprint density at radius 3 is 2.14 bits per heavy atom. The van der Waals surface area contributed by atoms with Crippen molar-refractivity contribution in [3.05, 3.63) is 0 Å². The maximum absolute atomic E-state index is 11.7. The molecular formula is C19H39O9P. The average molecular weight is 442 g/mol. The first-order valence-corrected chi connectivity index (χ1v) is 12.0. The fourth-order valence-electron chi connectivity index (χ4n) is 3.06. The first kappa shape index (κ1) is 26.9. The van der Waals surface area contributed by atoms with E-state index in [0.29, 0.717) is 18.9 Å². The second-order valence-electron chi connectivity index (χ2n) is 8.02. The third-order valence-corrected chi connectivity index (χ3v) is 5.96. The van der Waals surface area contributed by atoms with Crippen LogP contribution >= 0.6 is 7.82 Å². The van der Waals surface area contributed by atoms with Crippen molar-refractivity contribution in [3.8, 4) is 0 Å². The third-order valence-electron chi connectivity index (χ3n) is 4.94. The van der Waals surface area contributed by atoms with E-state index in [-0.39, 0.29) is 19.8 Å². The molecule has 3 unspecified atom stereocenters. The van der Waals surface area contributed by atoms with E-state index >= 15 is 0 Å². The summed E-state index contributed by atoms with van der Waals surface area (Å²) in [5.41, 5.74) is 0. The normalized spacial score (nSPS) is 29.9. The van der Waals surface area contributed by atoms with Crippen LogP contribution < -0.4 is 0 Å². The first-order valence-electron chi connectivity index (χ1n) is 10.5. The van der Waals surface area contributed by atoms with Crippen molar-refractivity contribution in [2.45, 2.75) is 83.9 Å². The Morgan fingerprint density at radius 2 is 1.55 bits per heavy atom. The summed E-state index contributed by atoms with van der Waals surface area (Å²) in [4.78, 5) is 9.59. The molecular weight excluding hydrogens is 403 g/mol. The van der Waals surface area contributed by atoms with Crippen molar-refractivity contribution in [2.75, 3.05) is 26.4 Å². The summed E-state index contributed by atoms with van der Waals surface area (Å²) in [6, 6.07) is 0. The van der Waals surface area contributed by atoms with Crippen molar-refractivity contribution in [1.29, 1.82) is 0 Å². The molecule has 1 saturated heterocycles. The lowest BCUT2D eigenvalue weighted by molar-refractivity contribution is -0.282. The number of unbranched alkanes of at least 4 members (excludes halogenated alkanes) is 3. The molecule has 0 amide bonds. The van der Waals surface area contributed by atoms with Crippen LogP contribution in [-0.2, 0) is 23.1 Å². The van der Waals surface area contributed by atoms with Crippen molar-refractivity contribution in [2.24, 2.45) is 11.8 Å². The largest absolute Gasteiger partial charge is 0.472 e. The van der Waals surface area contributed by atoms with Crippen LogP contribution in [0, 0.1) is 11.8 Å². The van der Waals surface area contributed by atoms with Crippen LogP contribution in [0.1, 0.15) is 59.3 Å². The van der Waals surface area contributed by atoms with E-state index in [2.05, 4.69) is 13.8 Å². The molecule has 0 aromatic heterocycles. The maximum atomic E-state index is 11.7. The van der Waals surface area contributed by atoms with Gasteiger partial charge in [-0.3, -0.25) is 9.05 Å². The predicted octanol–water partition coefficient (Wildman–Crippen LogP) is 2.21. The van der Waals surface area contributed by atoms with Gasteiger partial charge in [0.25, 0.3) is 0 Å². The Hall–Kier alpha value is -0.0900. The first-order chi connectivity index (χ1) is 13.7. The van der Waals surface area contributed by atoms with Crippen LogP contribution in [0.25, 0.3) is 0 Å². The Labute approximate surface area is 173 Å². The van der Waals surface area contributed by atoms with E-state index in [1.807, 2.05) is 0 Å². The predicted molar refractivity (Wildman–Crippen MR) is 107 cm³/mol. The molecule has 0 aliphatic carbocycles. The molecule has 0 radical (unpaired) electrons. The lowest BCUT2D eigenvalue weighted by atomic mass is 9.92. The van der Waals surface area contributed by atoms with Crippen molar-refractivity contribution >= 4 is 7.82 Å². The van der Waals surface area contributed by atoms with Gasteiger partial charge in [0.15, 0.2) is 6.29 Å². The quantitative estimate of drug-likeness (QED) is 0.222. The number of aliphatic hydroxyl groups is 3. The number of rotatable bonds is 15. The van der Waals surface area contributed by atoms with Gasteiger partial charge in [-0.25, -0.2) is 4.57 Å². The highest BCUT2D eigenvalue weighted by Gasteiger charge is 2.42. The Balaban J connectivity index is 2.07. The average Bonchev–Trinajstić information content (AvgIpc) is 2.67. The number of aliphatic hydroxyl groups excluding tert-OH is 3. The van der Waals surface area contributed by atoms with Crippen LogP contribution in [0.15, 0.2) is 0 Å². The smallest absolute Gasteiger partial charge is 0.394 e. The summed E-state index contributed by atoms with van der Waals surface area (Å²) in [7, 11) is -3.97. The molecule has 4 N–H and O–H groups in total. The highest BCUT2D eigenvalue weighted by molar-refractivity contribution is 7.47. The van der Waals surface area contributed by atoms with Gasteiger partial charge >= 0.3 is 7.82 Å². The molecule has 0 saturated carbocycles. The number of hydrogen-bond donors (Lipinski definition) is 4. The molecule has 1 aliphatic rings. The fourth-order valence-corrected chi connectivity index (χ4v) is 3.85. The Bertz CT molecular complexity index is 475. The fraction of sp³-hybridized carbons (Fsp3) is 1.00. The summed E-state index contributed by atoms with van der Waals surface area (Å²) in [5, 5.41) is 29.0. The van der Waals surface area contributed by atoms with Crippen LogP contribution in [0.4, 0.5) is 0 Å². The molecule has 0 aromatic rings. The molecule has 1 aliphatic heterocycles. The second kappa shape index (κ2) is 14.1. The van der Waals surface area contributed by atoms with E-state index < -0.39 is 38.3 Å². The van der Waals surface area contributed by atoms with Crippen molar-refractivity contribution < 1.29 is 43.3 Å². The molecule has 6 atom stereocenters. The summed E-state index contributed by atoms with van der Waals surface area (Å²) in [5.74, 6) is 0.127. The monoisotopic (exact) mass is 442 g/mol. The lowest BCUT2D eigenvalue weighted by Crippen LogP contribution is -2.55. The zero-order chi connectivity index (χ0) is 21.9. The Kier molecular flexibility index (Phi) is 13.1. The van der Waals surface area contributed by atoms with Crippen LogP contribution in [0.2, 0.25) is 0 Å². The summed E-state index contributed by atoms with van der Waals surface area (Å²) in [6.45, 7) is 6.29. The molecule has 174 valence electrons. The lowest BCUT2D eigenvalue weighted by Gasteiger charge is -2.40. The molecule has 1 heterocycles. The molecule has 0 bridgehead atoms. The van der Waals surface area contributed by atoms with Gasteiger partial charge in [0.2, 0.25) is 0 Å². The standard InChI is InChI=1S/C19H39O9P/c1-14(2)9-8-12-27-29(23,24)26-11-7-5-4-6-10-25-19-15(3)17(21)18(22)16(13-20)28-19/h14-22H,4-13H2,1-3H3,(H,23,24)/t15?,16?,17-,18+,19-/m1/s1. The van der Waals surface area contributed by atoms with Gasteiger partial charge in [-0.05, 0) is 31.6 Å². The summed E-state index contributed by atoms with van der Waals surface area (Å²) >= 11 is 0.